The lowest BCUT2D eigenvalue weighted by atomic mass is 10.1. The standard InChI is InChI=1S/C20H17Cl2N5/c21-16-3-1-2-13(5-16)7-23-12-19-24-8-14(9-25-19)4-15-10-26-20-18(15)6-17(22)11-27-20/h1-3,5-6,8-11,23H,4,7,12H2,(H,26,27). The Labute approximate surface area is 166 Å². The average molecular weight is 398 g/mol. The van der Waals surface area contributed by atoms with Gasteiger partial charge in [-0.05, 0) is 34.9 Å². The van der Waals surface area contributed by atoms with Gasteiger partial charge in [-0.25, -0.2) is 15.0 Å². The van der Waals surface area contributed by atoms with E-state index < -0.39 is 0 Å². The Morgan fingerprint density at radius 1 is 0.889 bits per heavy atom. The van der Waals surface area contributed by atoms with Crippen LogP contribution < -0.4 is 5.32 Å². The third kappa shape index (κ3) is 4.45. The van der Waals surface area contributed by atoms with Gasteiger partial charge < -0.3 is 10.3 Å². The molecule has 7 heteroatoms. The maximum Gasteiger partial charge on any atom is 0.141 e. The normalized spacial score (nSPS) is 11.2. The van der Waals surface area contributed by atoms with Crippen molar-refractivity contribution in [2.75, 3.05) is 0 Å². The number of hydrogen-bond donors (Lipinski definition) is 2. The quantitative estimate of drug-likeness (QED) is 0.501. The van der Waals surface area contributed by atoms with E-state index in [1.165, 1.54) is 0 Å². The van der Waals surface area contributed by atoms with E-state index in [0.717, 1.165) is 51.5 Å². The summed E-state index contributed by atoms with van der Waals surface area (Å²) in [6.07, 6.45) is 8.03. The van der Waals surface area contributed by atoms with Crippen molar-refractivity contribution >= 4 is 34.2 Å². The minimum absolute atomic E-state index is 0.597. The highest BCUT2D eigenvalue weighted by atomic mass is 35.5. The molecular formula is C20H17Cl2N5. The fraction of sp³-hybridized carbons (Fsp3) is 0.150. The number of nitrogens with zero attached hydrogens (tertiary/aromatic N) is 3. The second-order valence-electron chi connectivity index (χ2n) is 6.28. The first-order chi connectivity index (χ1) is 13.2. The van der Waals surface area contributed by atoms with E-state index in [-0.39, 0.29) is 0 Å². The van der Waals surface area contributed by atoms with E-state index in [1.807, 2.05) is 48.9 Å². The highest BCUT2D eigenvalue weighted by Crippen LogP contribution is 2.22. The van der Waals surface area contributed by atoms with Crippen LogP contribution in [0.25, 0.3) is 11.0 Å². The Hall–Kier alpha value is -2.47. The number of hydrogen-bond acceptors (Lipinski definition) is 4. The molecule has 0 unspecified atom stereocenters. The number of benzene rings is 1. The lowest BCUT2D eigenvalue weighted by Gasteiger charge is -2.05. The highest BCUT2D eigenvalue weighted by Gasteiger charge is 2.07. The van der Waals surface area contributed by atoms with Gasteiger partial charge in [0.15, 0.2) is 0 Å². The molecule has 0 saturated carbocycles. The molecule has 0 fully saturated rings. The summed E-state index contributed by atoms with van der Waals surface area (Å²) in [5.41, 5.74) is 4.12. The molecule has 2 N–H and O–H groups in total. The summed E-state index contributed by atoms with van der Waals surface area (Å²) in [4.78, 5) is 16.4. The van der Waals surface area contributed by atoms with E-state index in [0.29, 0.717) is 11.6 Å². The number of halogens is 2. The van der Waals surface area contributed by atoms with E-state index in [9.17, 15) is 0 Å². The molecule has 0 bridgehead atoms. The minimum atomic E-state index is 0.597. The Morgan fingerprint density at radius 3 is 2.56 bits per heavy atom. The topological polar surface area (TPSA) is 66.5 Å². The predicted octanol–water partition coefficient (Wildman–Crippen LogP) is 4.54. The van der Waals surface area contributed by atoms with Gasteiger partial charge in [-0.3, -0.25) is 0 Å². The van der Waals surface area contributed by atoms with Crippen LogP contribution >= 0.6 is 23.2 Å². The number of fused-ring (bicyclic) bond motifs is 1. The van der Waals surface area contributed by atoms with E-state index in [2.05, 4.69) is 25.3 Å². The molecule has 0 spiro atoms. The third-order valence-corrected chi connectivity index (χ3v) is 4.68. The Balaban J connectivity index is 1.37. The molecular weight excluding hydrogens is 381 g/mol. The molecule has 0 aliphatic rings. The van der Waals surface area contributed by atoms with Crippen LogP contribution in [0.15, 0.2) is 55.1 Å². The van der Waals surface area contributed by atoms with E-state index in [4.69, 9.17) is 23.2 Å². The summed E-state index contributed by atoms with van der Waals surface area (Å²) in [5.74, 6) is 0.754. The zero-order valence-electron chi connectivity index (χ0n) is 14.4. The van der Waals surface area contributed by atoms with Gasteiger partial charge in [0.05, 0.1) is 11.6 Å². The molecule has 0 saturated heterocycles. The van der Waals surface area contributed by atoms with Crippen molar-refractivity contribution in [2.24, 2.45) is 0 Å². The highest BCUT2D eigenvalue weighted by molar-refractivity contribution is 6.31. The number of aromatic amines is 1. The maximum atomic E-state index is 6.06. The fourth-order valence-electron chi connectivity index (χ4n) is 2.93. The van der Waals surface area contributed by atoms with Gasteiger partial charge in [-0.1, -0.05) is 35.3 Å². The summed E-state index contributed by atoms with van der Waals surface area (Å²) in [6, 6.07) is 9.71. The number of aromatic nitrogens is 4. The minimum Gasteiger partial charge on any atom is -0.346 e. The second kappa shape index (κ2) is 8.05. The van der Waals surface area contributed by atoms with Gasteiger partial charge in [-0.15, -0.1) is 0 Å². The molecule has 27 heavy (non-hydrogen) atoms. The Kier molecular flexibility index (Phi) is 5.34. The molecule has 5 nitrogen and oxygen atoms in total. The molecule has 4 rings (SSSR count). The molecule has 0 amide bonds. The van der Waals surface area contributed by atoms with Crippen molar-refractivity contribution in [3.63, 3.8) is 0 Å². The largest absolute Gasteiger partial charge is 0.346 e. The smallest absolute Gasteiger partial charge is 0.141 e. The van der Waals surface area contributed by atoms with Gasteiger partial charge >= 0.3 is 0 Å². The SMILES string of the molecule is Clc1cccc(CNCc2ncc(Cc3c[nH]c4ncc(Cl)cc34)cn2)c1. The third-order valence-electron chi connectivity index (χ3n) is 4.24. The number of rotatable bonds is 6. The summed E-state index contributed by atoms with van der Waals surface area (Å²) in [7, 11) is 0. The summed E-state index contributed by atoms with van der Waals surface area (Å²) in [6.45, 7) is 1.31. The van der Waals surface area contributed by atoms with Crippen molar-refractivity contribution in [2.45, 2.75) is 19.5 Å². The zero-order valence-corrected chi connectivity index (χ0v) is 15.9. The molecule has 3 aromatic heterocycles. The van der Waals surface area contributed by atoms with Crippen LogP contribution in [0.4, 0.5) is 0 Å². The van der Waals surface area contributed by atoms with Gasteiger partial charge in [0.2, 0.25) is 0 Å². The zero-order chi connectivity index (χ0) is 18.6. The van der Waals surface area contributed by atoms with Crippen LogP contribution in [0.1, 0.15) is 22.5 Å². The Morgan fingerprint density at radius 2 is 1.74 bits per heavy atom. The van der Waals surface area contributed by atoms with Crippen LogP contribution in [-0.2, 0) is 19.5 Å². The lowest BCUT2D eigenvalue weighted by molar-refractivity contribution is 0.661. The molecule has 0 aliphatic carbocycles. The predicted molar refractivity (Wildman–Crippen MR) is 108 cm³/mol. The van der Waals surface area contributed by atoms with Crippen LogP contribution in [-0.4, -0.2) is 19.9 Å². The Bertz CT molecular complexity index is 1060. The van der Waals surface area contributed by atoms with Crippen LogP contribution in [0.3, 0.4) is 0 Å². The van der Waals surface area contributed by atoms with Crippen molar-refractivity contribution in [1.29, 1.82) is 0 Å². The first-order valence-electron chi connectivity index (χ1n) is 8.54. The van der Waals surface area contributed by atoms with Crippen LogP contribution in [0, 0.1) is 0 Å². The van der Waals surface area contributed by atoms with Gasteiger partial charge in [0, 0.05) is 48.2 Å². The van der Waals surface area contributed by atoms with Crippen LogP contribution in [0.2, 0.25) is 10.0 Å². The molecule has 0 aliphatic heterocycles. The van der Waals surface area contributed by atoms with Gasteiger partial charge in [0.25, 0.3) is 0 Å². The average Bonchev–Trinajstić information content (AvgIpc) is 3.05. The molecule has 4 aromatic rings. The number of H-pyrrole nitrogens is 1. The van der Waals surface area contributed by atoms with Crippen molar-refractivity contribution < 1.29 is 0 Å². The first-order valence-corrected chi connectivity index (χ1v) is 9.29. The summed E-state index contributed by atoms with van der Waals surface area (Å²) < 4.78 is 0. The number of pyridine rings is 1. The first kappa shape index (κ1) is 17.9. The second-order valence-corrected chi connectivity index (χ2v) is 7.15. The van der Waals surface area contributed by atoms with Crippen molar-refractivity contribution in [3.8, 4) is 0 Å². The molecule has 3 heterocycles. The molecule has 0 radical (unpaired) electrons. The fourth-order valence-corrected chi connectivity index (χ4v) is 3.30. The van der Waals surface area contributed by atoms with E-state index in [1.54, 1.807) is 6.20 Å². The van der Waals surface area contributed by atoms with Crippen molar-refractivity contribution in [3.05, 3.63) is 87.7 Å². The molecule has 136 valence electrons. The van der Waals surface area contributed by atoms with E-state index >= 15 is 0 Å². The molecule has 1 aromatic carbocycles. The lowest BCUT2D eigenvalue weighted by Crippen LogP contribution is -2.15. The molecule has 0 atom stereocenters. The van der Waals surface area contributed by atoms with Crippen LogP contribution in [0.5, 0.6) is 0 Å². The van der Waals surface area contributed by atoms with Gasteiger partial charge in [0.1, 0.15) is 11.5 Å². The maximum absolute atomic E-state index is 6.06. The summed E-state index contributed by atoms with van der Waals surface area (Å²) >= 11 is 12.1. The van der Waals surface area contributed by atoms with Gasteiger partial charge in [-0.2, -0.15) is 0 Å². The monoisotopic (exact) mass is 397 g/mol. The summed E-state index contributed by atoms with van der Waals surface area (Å²) in [5, 5.41) is 5.72. The van der Waals surface area contributed by atoms with Crippen molar-refractivity contribution in [1.82, 2.24) is 25.3 Å². The number of nitrogens with one attached hydrogen (secondary N) is 2.